The van der Waals surface area contributed by atoms with E-state index in [-0.39, 0.29) is 11.8 Å². The van der Waals surface area contributed by atoms with Crippen LogP contribution in [0, 0.1) is 0 Å². The van der Waals surface area contributed by atoms with Crippen LogP contribution in [-0.4, -0.2) is 18.4 Å². The molecule has 0 aliphatic carbocycles. The summed E-state index contributed by atoms with van der Waals surface area (Å²) in [4.78, 5) is 23.9. The minimum atomic E-state index is -0.102. The normalized spacial score (nSPS) is 14.4. The van der Waals surface area contributed by atoms with Gasteiger partial charge in [-0.2, -0.15) is 0 Å². The Morgan fingerprint density at radius 3 is 2.65 bits per heavy atom. The van der Waals surface area contributed by atoms with Gasteiger partial charge < -0.3 is 15.5 Å². The van der Waals surface area contributed by atoms with E-state index >= 15 is 0 Å². The number of hydrogen-bond acceptors (Lipinski definition) is 3. The molecule has 0 saturated heterocycles. The fourth-order valence-electron chi connectivity index (χ4n) is 1.59. The monoisotopic (exact) mass is 231 g/mol. The molecule has 1 aliphatic rings. The highest BCUT2D eigenvalue weighted by molar-refractivity contribution is 5.89. The Hall–Kier alpha value is -2.30. The lowest BCUT2D eigenvalue weighted by Crippen LogP contribution is -2.36. The lowest BCUT2D eigenvalue weighted by molar-refractivity contribution is -0.119. The third-order valence-electron chi connectivity index (χ3n) is 2.33. The van der Waals surface area contributed by atoms with E-state index in [2.05, 4.69) is 10.6 Å². The molecule has 5 nitrogen and oxygen atoms in total. The van der Waals surface area contributed by atoms with Crippen LogP contribution in [0.15, 0.2) is 36.7 Å². The molecule has 0 aromatic heterocycles. The first-order chi connectivity index (χ1) is 8.15. The van der Waals surface area contributed by atoms with Gasteiger partial charge in [-0.1, -0.05) is 0 Å². The maximum atomic E-state index is 11.2. The zero-order chi connectivity index (χ0) is 12.3. The van der Waals surface area contributed by atoms with Crippen molar-refractivity contribution >= 4 is 23.2 Å². The van der Waals surface area contributed by atoms with Crippen molar-refractivity contribution in [1.29, 1.82) is 0 Å². The van der Waals surface area contributed by atoms with Gasteiger partial charge >= 0.3 is 0 Å². The minimum absolute atomic E-state index is 0.0431. The molecule has 0 spiro atoms. The van der Waals surface area contributed by atoms with Crippen molar-refractivity contribution in [2.45, 2.75) is 6.92 Å². The molecule has 0 unspecified atom stereocenters. The molecule has 0 fully saturated rings. The highest BCUT2D eigenvalue weighted by atomic mass is 16.2. The smallest absolute Gasteiger partial charge is 0.243 e. The van der Waals surface area contributed by atoms with Crippen molar-refractivity contribution < 1.29 is 9.59 Å². The van der Waals surface area contributed by atoms with E-state index < -0.39 is 0 Å². The summed E-state index contributed by atoms with van der Waals surface area (Å²) in [5.41, 5.74) is 1.65. The van der Waals surface area contributed by atoms with Crippen LogP contribution in [0.3, 0.4) is 0 Å². The second kappa shape index (κ2) is 4.69. The summed E-state index contributed by atoms with van der Waals surface area (Å²) < 4.78 is 0. The molecule has 5 heteroatoms. The summed E-state index contributed by atoms with van der Waals surface area (Å²) in [7, 11) is 0. The number of rotatable bonds is 2. The van der Waals surface area contributed by atoms with Gasteiger partial charge in [0.25, 0.3) is 0 Å². The molecule has 1 heterocycles. The largest absolute Gasteiger partial charge is 0.337 e. The highest BCUT2D eigenvalue weighted by Gasteiger charge is 2.11. The lowest BCUT2D eigenvalue weighted by atomic mass is 10.2. The standard InChI is InChI=1S/C12H13N3O2/c1-9(16)14-10-2-4-11(5-3-10)15-7-6-13-12(17)8-15/h2-7H,8H2,1H3,(H,13,17)(H,14,16). The molecule has 0 bridgehead atoms. The van der Waals surface area contributed by atoms with Gasteiger partial charge in [0.15, 0.2) is 0 Å². The quantitative estimate of drug-likeness (QED) is 0.799. The van der Waals surface area contributed by atoms with E-state index in [1.54, 1.807) is 24.5 Å². The molecule has 2 N–H and O–H groups in total. The Morgan fingerprint density at radius 2 is 2.06 bits per heavy atom. The zero-order valence-corrected chi connectivity index (χ0v) is 9.43. The number of nitrogens with one attached hydrogen (secondary N) is 2. The molecule has 2 rings (SSSR count). The lowest BCUT2D eigenvalue weighted by Gasteiger charge is -2.23. The van der Waals surface area contributed by atoms with Gasteiger partial charge in [0, 0.05) is 30.7 Å². The average Bonchev–Trinajstić information content (AvgIpc) is 2.29. The van der Waals surface area contributed by atoms with Crippen LogP contribution in [0.4, 0.5) is 11.4 Å². The molecule has 0 radical (unpaired) electrons. The zero-order valence-electron chi connectivity index (χ0n) is 9.43. The summed E-state index contributed by atoms with van der Waals surface area (Å²) in [6.07, 6.45) is 3.41. The van der Waals surface area contributed by atoms with E-state index in [0.717, 1.165) is 11.4 Å². The number of hydrogen-bond donors (Lipinski definition) is 2. The number of carbonyl (C=O) groups excluding carboxylic acids is 2. The summed E-state index contributed by atoms with van der Waals surface area (Å²) in [5, 5.41) is 5.29. The van der Waals surface area contributed by atoms with Crippen molar-refractivity contribution in [3.63, 3.8) is 0 Å². The van der Waals surface area contributed by atoms with Crippen LogP contribution < -0.4 is 15.5 Å². The minimum Gasteiger partial charge on any atom is -0.337 e. The fourth-order valence-corrected chi connectivity index (χ4v) is 1.59. The number of nitrogens with zero attached hydrogens (tertiary/aromatic N) is 1. The van der Waals surface area contributed by atoms with E-state index in [4.69, 9.17) is 0 Å². The highest BCUT2D eigenvalue weighted by Crippen LogP contribution is 2.18. The van der Waals surface area contributed by atoms with Gasteiger partial charge in [0.05, 0.1) is 0 Å². The summed E-state index contributed by atoms with van der Waals surface area (Å²) in [6, 6.07) is 7.32. The van der Waals surface area contributed by atoms with Crippen molar-refractivity contribution in [3.8, 4) is 0 Å². The van der Waals surface area contributed by atoms with Gasteiger partial charge in [-0.25, -0.2) is 0 Å². The van der Waals surface area contributed by atoms with Gasteiger partial charge in [0.1, 0.15) is 6.54 Å². The third kappa shape index (κ3) is 2.84. The fraction of sp³-hybridized carbons (Fsp3) is 0.167. The van der Waals surface area contributed by atoms with Crippen molar-refractivity contribution in [2.24, 2.45) is 0 Å². The Bertz CT molecular complexity index is 465. The maximum Gasteiger partial charge on any atom is 0.243 e. The predicted molar refractivity (Wildman–Crippen MR) is 65.4 cm³/mol. The third-order valence-corrected chi connectivity index (χ3v) is 2.33. The van der Waals surface area contributed by atoms with Gasteiger partial charge in [-0.15, -0.1) is 0 Å². The second-order valence-electron chi connectivity index (χ2n) is 3.74. The van der Waals surface area contributed by atoms with Crippen LogP contribution in [0.25, 0.3) is 0 Å². The molecular formula is C12H13N3O2. The summed E-state index contributed by atoms with van der Waals surface area (Å²) in [5.74, 6) is -0.145. The number of carbonyl (C=O) groups is 2. The van der Waals surface area contributed by atoms with Gasteiger partial charge in [-0.3, -0.25) is 9.59 Å². The molecule has 0 saturated carbocycles. The topological polar surface area (TPSA) is 61.4 Å². The van der Waals surface area contributed by atoms with Crippen LogP contribution in [-0.2, 0) is 9.59 Å². The van der Waals surface area contributed by atoms with Crippen LogP contribution >= 0.6 is 0 Å². The summed E-state index contributed by atoms with van der Waals surface area (Å²) in [6.45, 7) is 1.77. The van der Waals surface area contributed by atoms with E-state index in [1.165, 1.54) is 6.92 Å². The van der Waals surface area contributed by atoms with Crippen molar-refractivity contribution in [1.82, 2.24) is 5.32 Å². The maximum absolute atomic E-state index is 11.2. The number of anilines is 2. The Labute approximate surface area is 99.1 Å². The van der Waals surface area contributed by atoms with Crippen molar-refractivity contribution in [3.05, 3.63) is 36.7 Å². The average molecular weight is 231 g/mol. The number of amides is 2. The first-order valence-electron chi connectivity index (χ1n) is 5.25. The SMILES string of the molecule is CC(=O)Nc1ccc(N2C=CNC(=O)C2)cc1. The van der Waals surface area contributed by atoms with Crippen LogP contribution in [0.5, 0.6) is 0 Å². The molecule has 1 aromatic rings. The molecule has 1 aliphatic heterocycles. The van der Waals surface area contributed by atoms with Gasteiger partial charge in [0.2, 0.25) is 11.8 Å². The van der Waals surface area contributed by atoms with Gasteiger partial charge in [-0.05, 0) is 24.3 Å². The molecule has 17 heavy (non-hydrogen) atoms. The van der Waals surface area contributed by atoms with Crippen molar-refractivity contribution in [2.75, 3.05) is 16.8 Å². The molecular weight excluding hydrogens is 218 g/mol. The van der Waals surface area contributed by atoms with E-state index in [1.807, 2.05) is 17.0 Å². The second-order valence-corrected chi connectivity index (χ2v) is 3.74. The molecule has 1 aromatic carbocycles. The van der Waals surface area contributed by atoms with Crippen LogP contribution in [0.2, 0.25) is 0 Å². The Morgan fingerprint density at radius 1 is 1.35 bits per heavy atom. The molecule has 0 atom stereocenters. The van der Waals surface area contributed by atoms with Crippen LogP contribution in [0.1, 0.15) is 6.92 Å². The first-order valence-corrected chi connectivity index (χ1v) is 5.25. The first kappa shape index (κ1) is 11.2. The molecule has 2 amide bonds. The Kier molecular flexibility index (Phi) is 3.09. The van der Waals surface area contributed by atoms with E-state index in [0.29, 0.717) is 6.54 Å². The number of benzene rings is 1. The Balaban J connectivity index is 2.12. The summed E-state index contributed by atoms with van der Waals surface area (Å²) >= 11 is 0. The predicted octanol–water partition coefficient (Wildman–Crippen LogP) is 1.05. The molecule has 88 valence electrons. The van der Waals surface area contributed by atoms with E-state index in [9.17, 15) is 9.59 Å².